The lowest BCUT2D eigenvalue weighted by Crippen LogP contribution is -2.73. The van der Waals surface area contributed by atoms with E-state index in [-0.39, 0.29) is 12.5 Å². The lowest BCUT2D eigenvalue weighted by molar-refractivity contribution is -0.143. The normalized spacial score (nSPS) is 27.1. The van der Waals surface area contributed by atoms with Crippen molar-refractivity contribution in [2.24, 2.45) is 11.0 Å². The van der Waals surface area contributed by atoms with Gasteiger partial charge in [0.25, 0.3) is 5.91 Å². The minimum atomic E-state index is -1.13. The quantitative estimate of drug-likeness (QED) is 0.721. The van der Waals surface area contributed by atoms with Crippen LogP contribution in [0.5, 0.6) is 5.75 Å². The summed E-state index contributed by atoms with van der Waals surface area (Å²) in [7, 11) is 1.60. The molecule has 3 aliphatic heterocycles. The van der Waals surface area contributed by atoms with Crippen LogP contribution in [0.2, 0.25) is 0 Å². The van der Waals surface area contributed by atoms with Crippen LogP contribution in [-0.4, -0.2) is 74.7 Å². The van der Waals surface area contributed by atoms with Gasteiger partial charge in [0.15, 0.2) is 5.71 Å². The van der Waals surface area contributed by atoms with E-state index in [0.29, 0.717) is 56.4 Å². The van der Waals surface area contributed by atoms with Crippen LogP contribution in [-0.2, 0) is 19.1 Å². The van der Waals surface area contributed by atoms with Crippen molar-refractivity contribution in [2.45, 2.75) is 19.0 Å². The maximum Gasteiger partial charge on any atom is 0.354 e. The summed E-state index contributed by atoms with van der Waals surface area (Å²) in [4.78, 5) is 28.3. The number of nitrogens with one attached hydrogen (secondary N) is 1. The minimum Gasteiger partial charge on any atom is -0.497 e. The number of rotatable bonds is 5. The molecule has 2 saturated heterocycles. The van der Waals surface area contributed by atoms with Gasteiger partial charge in [0, 0.05) is 19.6 Å². The summed E-state index contributed by atoms with van der Waals surface area (Å²) >= 11 is 0. The van der Waals surface area contributed by atoms with Gasteiger partial charge in [-0.05, 0) is 37.6 Å². The van der Waals surface area contributed by atoms with Crippen LogP contribution in [0.4, 0.5) is 5.69 Å². The van der Waals surface area contributed by atoms with Crippen molar-refractivity contribution in [3.63, 3.8) is 0 Å². The maximum absolute atomic E-state index is 13.4. The van der Waals surface area contributed by atoms with Crippen molar-refractivity contribution < 1.29 is 23.8 Å². The van der Waals surface area contributed by atoms with Crippen molar-refractivity contribution in [1.29, 1.82) is 0 Å². The first-order valence-corrected chi connectivity index (χ1v) is 9.94. The van der Waals surface area contributed by atoms with Crippen molar-refractivity contribution in [3.8, 4) is 5.75 Å². The molecule has 3 aliphatic rings. The molecular formula is C20H26N4O5. The van der Waals surface area contributed by atoms with Crippen LogP contribution >= 0.6 is 0 Å². The van der Waals surface area contributed by atoms with E-state index in [1.54, 1.807) is 19.0 Å². The Morgan fingerprint density at radius 3 is 2.69 bits per heavy atom. The summed E-state index contributed by atoms with van der Waals surface area (Å²) in [6.45, 7) is 4.69. The molecule has 0 unspecified atom stereocenters. The number of nitrogens with zero attached hydrogens (tertiary/aromatic N) is 3. The Hall–Kier alpha value is -2.65. The van der Waals surface area contributed by atoms with Gasteiger partial charge in [-0.1, -0.05) is 0 Å². The second kappa shape index (κ2) is 8.00. The van der Waals surface area contributed by atoms with E-state index < -0.39 is 17.6 Å². The van der Waals surface area contributed by atoms with Gasteiger partial charge in [-0.25, -0.2) is 9.80 Å². The van der Waals surface area contributed by atoms with Crippen LogP contribution in [0.3, 0.4) is 0 Å². The zero-order valence-corrected chi connectivity index (χ0v) is 16.7. The number of amides is 1. The Labute approximate surface area is 169 Å². The molecule has 0 aromatic heterocycles. The van der Waals surface area contributed by atoms with Gasteiger partial charge in [-0.15, -0.1) is 0 Å². The molecule has 3 heterocycles. The van der Waals surface area contributed by atoms with E-state index >= 15 is 0 Å². The van der Waals surface area contributed by atoms with Crippen molar-refractivity contribution >= 4 is 23.3 Å². The fraction of sp³-hybridized carbons (Fsp3) is 0.550. The Morgan fingerprint density at radius 1 is 1.31 bits per heavy atom. The third-order valence-electron chi connectivity index (χ3n) is 5.69. The van der Waals surface area contributed by atoms with Crippen molar-refractivity contribution in [3.05, 3.63) is 24.3 Å². The largest absolute Gasteiger partial charge is 0.497 e. The molecule has 0 spiro atoms. The maximum atomic E-state index is 13.4. The number of carbonyl (C=O) groups is 2. The standard InChI is InChI=1S/C20H26N4O5/c1-3-29-18(25)17-16-8-9-21-19(26)20(16,23-10-12-28-13-11-23)24(22-17)14-4-6-15(27-2)7-5-14/h4-7,16H,3,8-13H2,1-2H3,(H,21,26)/t16-,20-/m0/s1. The first-order valence-electron chi connectivity index (χ1n) is 9.94. The number of piperidine rings is 1. The highest BCUT2D eigenvalue weighted by molar-refractivity contribution is 6.39. The van der Waals surface area contributed by atoms with E-state index in [0.717, 1.165) is 0 Å². The molecule has 2 fully saturated rings. The number of methoxy groups -OCH3 is 1. The predicted octanol–water partition coefficient (Wildman–Crippen LogP) is 0.599. The number of morpholine rings is 1. The van der Waals surface area contributed by atoms with E-state index in [2.05, 4.69) is 15.3 Å². The van der Waals surface area contributed by atoms with E-state index in [1.165, 1.54) is 0 Å². The molecule has 0 aliphatic carbocycles. The van der Waals surface area contributed by atoms with E-state index in [9.17, 15) is 9.59 Å². The molecule has 156 valence electrons. The van der Waals surface area contributed by atoms with E-state index in [4.69, 9.17) is 14.2 Å². The first kappa shape index (κ1) is 19.7. The van der Waals surface area contributed by atoms with Gasteiger partial charge in [0.2, 0.25) is 5.66 Å². The van der Waals surface area contributed by atoms with Crippen molar-refractivity contribution in [2.75, 3.05) is 51.6 Å². The number of anilines is 1. The van der Waals surface area contributed by atoms with Gasteiger partial charge in [0.05, 0.1) is 38.5 Å². The summed E-state index contributed by atoms with van der Waals surface area (Å²) in [5, 5.41) is 9.34. The molecule has 1 aromatic rings. The van der Waals surface area contributed by atoms with Gasteiger partial charge < -0.3 is 19.5 Å². The minimum absolute atomic E-state index is 0.158. The summed E-state index contributed by atoms with van der Waals surface area (Å²) in [6, 6.07) is 7.32. The van der Waals surface area contributed by atoms with Gasteiger partial charge >= 0.3 is 5.97 Å². The topological polar surface area (TPSA) is 92.7 Å². The zero-order chi connectivity index (χ0) is 20.4. The smallest absolute Gasteiger partial charge is 0.354 e. The van der Waals surface area contributed by atoms with E-state index in [1.807, 2.05) is 24.3 Å². The number of esters is 1. The molecule has 29 heavy (non-hydrogen) atoms. The zero-order valence-electron chi connectivity index (χ0n) is 16.7. The Kier molecular flexibility index (Phi) is 5.42. The Morgan fingerprint density at radius 2 is 2.03 bits per heavy atom. The Balaban J connectivity index is 1.84. The van der Waals surface area contributed by atoms with Crippen molar-refractivity contribution in [1.82, 2.24) is 10.2 Å². The predicted molar refractivity (Wildman–Crippen MR) is 106 cm³/mol. The number of fused-ring (bicyclic) bond motifs is 1. The Bertz CT molecular complexity index is 806. The molecular weight excluding hydrogens is 376 g/mol. The highest BCUT2D eigenvalue weighted by Crippen LogP contribution is 2.44. The average molecular weight is 402 g/mol. The molecule has 2 atom stereocenters. The lowest BCUT2D eigenvalue weighted by Gasteiger charge is -2.50. The number of carbonyl (C=O) groups excluding carboxylic acids is 2. The fourth-order valence-corrected chi connectivity index (χ4v) is 4.41. The van der Waals surface area contributed by atoms with Crippen LogP contribution < -0.4 is 15.1 Å². The molecule has 9 nitrogen and oxygen atoms in total. The SMILES string of the molecule is CCOC(=O)C1=NN(c2ccc(OC)cc2)[C@]2(N3CCOCC3)C(=O)NCC[C@@H]12. The number of hydrazone groups is 1. The fourth-order valence-electron chi connectivity index (χ4n) is 4.41. The highest BCUT2D eigenvalue weighted by Gasteiger charge is 2.63. The summed E-state index contributed by atoms with van der Waals surface area (Å²) < 4.78 is 16.0. The van der Waals surface area contributed by atoms with Gasteiger partial charge in [-0.2, -0.15) is 5.10 Å². The summed E-state index contributed by atoms with van der Waals surface area (Å²) in [5.41, 5.74) is -0.124. The number of hydrogen-bond acceptors (Lipinski definition) is 8. The average Bonchev–Trinajstić information content (AvgIpc) is 3.12. The molecule has 0 radical (unpaired) electrons. The van der Waals surface area contributed by atoms with Crippen LogP contribution in [0.15, 0.2) is 29.4 Å². The number of ether oxygens (including phenoxy) is 3. The van der Waals surface area contributed by atoms with Crippen LogP contribution in [0.1, 0.15) is 13.3 Å². The second-order valence-electron chi connectivity index (χ2n) is 7.14. The molecule has 1 aromatic carbocycles. The number of hydrogen-bond donors (Lipinski definition) is 1. The monoisotopic (exact) mass is 402 g/mol. The third-order valence-corrected chi connectivity index (χ3v) is 5.69. The highest BCUT2D eigenvalue weighted by atomic mass is 16.5. The number of benzene rings is 1. The second-order valence-corrected chi connectivity index (χ2v) is 7.14. The summed E-state index contributed by atoms with van der Waals surface area (Å²) in [5.74, 6) is -0.321. The van der Waals surface area contributed by atoms with Gasteiger partial charge in [-0.3, -0.25) is 9.69 Å². The van der Waals surface area contributed by atoms with Gasteiger partial charge in [0.1, 0.15) is 5.75 Å². The van der Waals surface area contributed by atoms with Crippen LogP contribution in [0, 0.1) is 5.92 Å². The molecule has 0 bridgehead atoms. The molecule has 9 heteroatoms. The third kappa shape index (κ3) is 3.14. The first-order chi connectivity index (χ1) is 14.1. The van der Waals surface area contributed by atoms with Crippen LogP contribution in [0.25, 0.3) is 0 Å². The lowest BCUT2D eigenvalue weighted by atomic mass is 9.80. The molecule has 0 saturated carbocycles. The molecule has 1 N–H and O–H groups in total. The molecule has 4 rings (SSSR count). The molecule has 1 amide bonds. The summed E-state index contributed by atoms with van der Waals surface area (Å²) in [6.07, 6.45) is 0.605.